The molecule has 0 aliphatic carbocycles. The minimum atomic E-state index is -0.651. The summed E-state index contributed by atoms with van der Waals surface area (Å²) in [4.78, 5) is 15.5. The molecule has 1 aromatic carbocycles. The van der Waals surface area contributed by atoms with Crippen molar-refractivity contribution in [2.75, 3.05) is 32.1 Å². The number of benzene rings is 1. The van der Waals surface area contributed by atoms with E-state index >= 15 is 0 Å². The van der Waals surface area contributed by atoms with Crippen LogP contribution in [0.2, 0.25) is 0 Å². The Morgan fingerprint density at radius 3 is 2.57 bits per heavy atom. The van der Waals surface area contributed by atoms with Crippen molar-refractivity contribution in [2.24, 2.45) is 0 Å². The Hall–Kier alpha value is -2.06. The monoisotopic (exact) mass is 289 g/mol. The molecular weight excluding hydrogens is 266 g/mol. The average molecular weight is 289 g/mol. The Labute approximate surface area is 126 Å². The summed E-state index contributed by atoms with van der Waals surface area (Å²) in [5.41, 5.74) is 2.00. The van der Waals surface area contributed by atoms with E-state index in [0.717, 1.165) is 17.7 Å². The minimum Gasteiger partial charge on any atom is -0.389 e. The van der Waals surface area contributed by atoms with Crippen molar-refractivity contribution in [3.05, 3.63) is 29.3 Å². The number of hydrogen-bond acceptors (Lipinski definition) is 4. The lowest BCUT2D eigenvalue weighted by molar-refractivity contribution is -0.127. The number of nitrogens with zero attached hydrogens (tertiary/aromatic N) is 3. The van der Waals surface area contributed by atoms with E-state index in [-0.39, 0.29) is 12.5 Å². The van der Waals surface area contributed by atoms with Crippen LogP contribution >= 0.6 is 0 Å². The van der Waals surface area contributed by atoms with E-state index in [1.165, 1.54) is 0 Å². The van der Waals surface area contributed by atoms with Crippen LogP contribution in [0.3, 0.4) is 0 Å². The molecule has 0 aliphatic rings. The molecule has 0 fully saturated rings. The second-order valence-corrected chi connectivity index (χ2v) is 5.27. The van der Waals surface area contributed by atoms with Crippen molar-refractivity contribution in [3.63, 3.8) is 0 Å². The zero-order valence-corrected chi connectivity index (χ0v) is 13.1. The van der Waals surface area contributed by atoms with E-state index in [1.54, 1.807) is 44.1 Å². The quantitative estimate of drug-likeness (QED) is 0.868. The first-order chi connectivity index (χ1) is 9.90. The summed E-state index contributed by atoms with van der Waals surface area (Å²) in [6.45, 7) is 4.63. The summed E-state index contributed by atoms with van der Waals surface area (Å²) in [5, 5.41) is 19.0. The highest BCUT2D eigenvalue weighted by Crippen LogP contribution is 2.28. The molecule has 1 atom stereocenters. The lowest BCUT2D eigenvalue weighted by Crippen LogP contribution is -2.37. The van der Waals surface area contributed by atoms with Gasteiger partial charge in [-0.15, -0.1) is 0 Å². The number of amides is 1. The summed E-state index contributed by atoms with van der Waals surface area (Å²) in [7, 11) is 3.43. The predicted octanol–water partition coefficient (Wildman–Crippen LogP) is 1.92. The molecule has 0 unspecified atom stereocenters. The lowest BCUT2D eigenvalue weighted by atomic mass is 10.0. The van der Waals surface area contributed by atoms with Crippen LogP contribution in [0.4, 0.5) is 5.69 Å². The van der Waals surface area contributed by atoms with Gasteiger partial charge in [0.1, 0.15) is 0 Å². The van der Waals surface area contributed by atoms with Gasteiger partial charge in [0.2, 0.25) is 5.91 Å². The number of rotatable bonds is 6. The number of carbonyl (C=O) groups excluding carboxylic acids is 1. The Kier molecular flexibility index (Phi) is 6.19. The molecule has 1 aromatic rings. The van der Waals surface area contributed by atoms with Gasteiger partial charge in [-0.2, -0.15) is 5.26 Å². The summed E-state index contributed by atoms with van der Waals surface area (Å²) in [6, 6.07) is 7.27. The van der Waals surface area contributed by atoms with Crippen molar-refractivity contribution in [1.29, 1.82) is 5.26 Å². The van der Waals surface area contributed by atoms with Gasteiger partial charge in [0.25, 0.3) is 0 Å². The Morgan fingerprint density at radius 2 is 2.10 bits per heavy atom. The molecule has 1 rings (SSSR count). The number of carbonyl (C=O) groups is 1. The Morgan fingerprint density at radius 1 is 1.43 bits per heavy atom. The molecule has 0 aliphatic heterocycles. The van der Waals surface area contributed by atoms with Gasteiger partial charge >= 0.3 is 0 Å². The second kappa shape index (κ2) is 7.65. The first-order valence-corrected chi connectivity index (χ1v) is 7.07. The third-order valence-corrected chi connectivity index (χ3v) is 3.27. The van der Waals surface area contributed by atoms with E-state index < -0.39 is 6.10 Å². The Balaban J connectivity index is 3.22. The Bertz CT molecular complexity index is 533. The SMILES string of the molecule is CCCN(CC(=O)N(C)C)c1cc(C#N)ccc1[C@H](C)O. The maximum absolute atomic E-state index is 12.0. The number of anilines is 1. The van der Waals surface area contributed by atoms with Crippen LogP contribution in [0.15, 0.2) is 18.2 Å². The maximum Gasteiger partial charge on any atom is 0.241 e. The molecule has 0 saturated heterocycles. The lowest BCUT2D eigenvalue weighted by Gasteiger charge is -2.28. The first-order valence-electron chi connectivity index (χ1n) is 7.07. The van der Waals surface area contributed by atoms with Crippen LogP contribution in [0.1, 0.15) is 37.5 Å². The van der Waals surface area contributed by atoms with Crippen molar-refractivity contribution >= 4 is 11.6 Å². The van der Waals surface area contributed by atoms with E-state index in [0.29, 0.717) is 12.1 Å². The molecule has 1 amide bonds. The van der Waals surface area contributed by atoms with Crippen LogP contribution < -0.4 is 4.90 Å². The van der Waals surface area contributed by atoms with Crippen LogP contribution in [-0.4, -0.2) is 43.1 Å². The van der Waals surface area contributed by atoms with E-state index in [1.807, 2.05) is 11.8 Å². The number of likely N-dealkylation sites (N-methyl/N-ethyl adjacent to an activating group) is 1. The van der Waals surface area contributed by atoms with E-state index in [2.05, 4.69) is 6.07 Å². The number of hydrogen-bond donors (Lipinski definition) is 1. The van der Waals surface area contributed by atoms with Gasteiger partial charge in [-0.25, -0.2) is 0 Å². The van der Waals surface area contributed by atoms with Crippen molar-refractivity contribution in [2.45, 2.75) is 26.4 Å². The smallest absolute Gasteiger partial charge is 0.241 e. The van der Waals surface area contributed by atoms with Crippen LogP contribution in [0, 0.1) is 11.3 Å². The van der Waals surface area contributed by atoms with Gasteiger partial charge < -0.3 is 14.9 Å². The highest BCUT2D eigenvalue weighted by Gasteiger charge is 2.18. The fourth-order valence-corrected chi connectivity index (χ4v) is 2.10. The fourth-order valence-electron chi connectivity index (χ4n) is 2.10. The van der Waals surface area contributed by atoms with Gasteiger partial charge in [-0.1, -0.05) is 13.0 Å². The highest BCUT2D eigenvalue weighted by atomic mass is 16.3. The van der Waals surface area contributed by atoms with Crippen molar-refractivity contribution in [1.82, 2.24) is 4.90 Å². The van der Waals surface area contributed by atoms with Gasteiger partial charge in [-0.05, 0) is 25.5 Å². The van der Waals surface area contributed by atoms with Crippen LogP contribution in [0.25, 0.3) is 0 Å². The molecular formula is C16H23N3O2. The van der Waals surface area contributed by atoms with Crippen LogP contribution in [0.5, 0.6) is 0 Å². The highest BCUT2D eigenvalue weighted by molar-refractivity contribution is 5.81. The third kappa shape index (κ3) is 4.47. The first kappa shape index (κ1) is 17.0. The third-order valence-electron chi connectivity index (χ3n) is 3.27. The molecule has 1 N–H and O–H groups in total. The zero-order chi connectivity index (χ0) is 16.0. The normalized spacial score (nSPS) is 11.6. The minimum absolute atomic E-state index is 0.0117. The van der Waals surface area contributed by atoms with Gasteiger partial charge in [-0.3, -0.25) is 4.79 Å². The average Bonchev–Trinajstić information content (AvgIpc) is 2.45. The largest absolute Gasteiger partial charge is 0.389 e. The van der Waals surface area contributed by atoms with E-state index in [4.69, 9.17) is 5.26 Å². The topological polar surface area (TPSA) is 67.6 Å². The summed E-state index contributed by atoms with van der Waals surface area (Å²) in [5.74, 6) is -0.0117. The van der Waals surface area contributed by atoms with Gasteiger partial charge in [0.05, 0.1) is 24.3 Å². The zero-order valence-electron chi connectivity index (χ0n) is 13.1. The molecule has 0 spiro atoms. The fraction of sp³-hybridized carbons (Fsp3) is 0.500. The molecule has 5 nitrogen and oxygen atoms in total. The molecule has 0 bridgehead atoms. The summed E-state index contributed by atoms with van der Waals surface area (Å²) < 4.78 is 0. The van der Waals surface area contributed by atoms with Crippen molar-refractivity contribution in [3.8, 4) is 6.07 Å². The second-order valence-electron chi connectivity index (χ2n) is 5.27. The molecule has 0 radical (unpaired) electrons. The molecule has 21 heavy (non-hydrogen) atoms. The van der Waals surface area contributed by atoms with Gasteiger partial charge in [0.15, 0.2) is 0 Å². The summed E-state index contributed by atoms with van der Waals surface area (Å²) in [6.07, 6.45) is 0.220. The number of aliphatic hydroxyl groups excluding tert-OH is 1. The molecule has 0 heterocycles. The summed E-state index contributed by atoms with van der Waals surface area (Å²) >= 11 is 0. The maximum atomic E-state index is 12.0. The number of aliphatic hydroxyl groups is 1. The van der Waals surface area contributed by atoms with Gasteiger partial charge in [0, 0.05) is 31.9 Å². The number of nitriles is 1. The standard InChI is InChI=1S/C16H23N3O2/c1-5-8-19(11-16(21)18(3)4)15-9-13(10-17)6-7-14(15)12(2)20/h6-7,9,12,20H,5,8,11H2,1-4H3/t12-/m0/s1. The molecule has 5 heteroatoms. The van der Waals surface area contributed by atoms with Crippen molar-refractivity contribution < 1.29 is 9.90 Å². The molecule has 0 aromatic heterocycles. The van der Waals surface area contributed by atoms with Crippen LogP contribution in [-0.2, 0) is 4.79 Å². The van der Waals surface area contributed by atoms with E-state index in [9.17, 15) is 9.90 Å². The molecule has 114 valence electrons. The molecule has 0 saturated carbocycles. The predicted molar refractivity (Wildman–Crippen MR) is 83.0 cm³/mol.